The van der Waals surface area contributed by atoms with Crippen LogP contribution in [-0.4, -0.2) is 87.5 Å². The number of hydrogen-bond acceptors (Lipinski definition) is 8. The minimum Gasteiger partial charge on any atom is -0.394 e. The largest absolute Gasteiger partial charge is 0.394 e. The lowest BCUT2D eigenvalue weighted by atomic mass is 9.99. The van der Waals surface area contributed by atoms with Crippen LogP contribution in [0, 0.1) is 0 Å². The lowest BCUT2D eigenvalue weighted by Crippen LogP contribution is -2.60. The maximum absolute atomic E-state index is 13.0. The molecule has 1 rings (SSSR count). The Bertz CT molecular complexity index is 1260. The van der Waals surface area contributed by atoms with Crippen molar-refractivity contribution in [2.75, 3.05) is 13.2 Å². The Morgan fingerprint density at radius 3 is 1.45 bits per heavy atom. The average Bonchev–Trinajstić information content (AvgIpc) is 3.32. The number of nitrogens with one attached hydrogen (secondary N) is 1. The van der Waals surface area contributed by atoms with Crippen LogP contribution in [-0.2, 0) is 14.3 Å². The van der Waals surface area contributed by atoms with Gasteiger partial charge in [0.15, 0.2) is 6.29 Å². The summed E-state index contributed by atoms with van der Waals surface area (Å²) in [5, 5.41) is 54.4. The zero-order valence-electron chi connectivity index (χ0n) is 42.2. The first-order chi connectivity index (χ1) is 32.3. The van der Waals surface area contributed by atoms with Crippen LogP contribution in [0.4, 0.5) is 0 Å². The number of allylic oxidation sites excluding steroid dienone is 11. The Kier molecular flexibility index (Phi) is 43.3. The van der Waals surface area contributed by atoms with Crippen molar-refractivity contribution >= 4 is 5.91 Å². The van der Waals surface area contributed by atoms with Gasteiger partial charge in [-0.3, -0.25) is 4.79 Å². The van der Waals surface area contributed by atoms with E-state index < -0.39 is 49.5 Å². The fourth-order valence-electron chi connectivity index (χ4n) is 8.22. The van der Waals surface area contributed by atoms with Gasteiger partial charge < -0.3 is 40.3 Å². The Morgan fingerprint density at radius 1 is 0.530 bits per heavy atom. The highest BCUT2D eigenvalue weighted by Gasteiger charge is 2.44. The summed E-state index contributed by atoms with van der Waals surface area (Å²) in [5.74, 6) is -0.197. The Hall–Kier alpha value is -2.37. The molecule has 0 spiro atoms. The lowest BCUT2D eigenvalue weighted by molar-refractivity contribution is -0.302. The fourth-order valence-corrected chi connectivity index (χ4v) is 8.22. The van der Waals surface area contributed by atoms with Crippen LogP contribution in [0.2, 0.25) is 0 Å². The fraction of sp³-hybridized carbons (Fsp3) is 0.772. The third kappa shape index (κ3) is 35.7. The number of hydrogen-bond donors (Lipinski definition) is 6. The van der Waals surface area contributed by atoms with Crippen molar-refractivity contribution in [2.24, 2.45) is 0 Å². The van der Waals surface area contributed by atoms with Crippen molar-refractivity contribution in [1.29, 1.82) is 0 Å². The molecule has 0 saturated carbocycles. The van der Waals surface area contributed by atoms with E-state index in [1.807, 2.05) is 6.08 Å². The second kappa shape index (κ2) is 46.4. The van der Waals surface area contributed by atoms with Crippen LogP contribution in [0.25, 0.3) is 0 Å². The van der Waals surface area contributed by atoms with E-state index in [4.69, 9.17) is 9.47 Å². The molecule has 382 valence electrons. The molecular formula is C57H101NO8. The van der Waals surface area contributed by atoms with Crippen molar-refractivity contribution < 1.29 is 39.8 Å². The minimum atomic E-state index is -1.58. The van der Waals surface area contributed by atoms with E-state index >= 15 is 0 Å². The quantitative estimate of drug-likeness (QED) is 0.0261. The molecular weight excluding hydrogens is 827 g/mol. The van der Waals surface area contributed by atoms with Crippen molar-refractivity contribution in [3.05, 3.63) is 72.9 Å². The Morgan fingerprint density at radius 2 is 0.955 bits per heavy atom. The average molecular weight is 928 g/mol. The molecule has 0 aromatic carbocycles. The van der Waals surface area contributed by atoms with Gasteiger partial charge in [-0.15, -0.1) is 0 Å². The van der Waals surface area contributed by atoms with Crippen LogP contribution in [0.5, 0.6) is 0 Å². The summed E-state index contributed by atoms with van der Waals surface area (Å²) >= 11 is 0. The van der Waals surface area contributed by atoms with Gasteiger partial charge in [0.2, 0.25) is 5.91 Å². The lowest BCUT2D eigenvalue weighted by Gasteiger charge is -2.40. The maximum atomic E-state index is 13.0. The summed E-state index contributed by atoms with van der Waals surface area (Å²) in [5.41, 5.74) is 0. The molecule has 9 nitrogen and oxygen atoms in total. The van der Waals surface area contributed by atoms with Crippen LogP contribution in [0.15, 0.2) is 72.9 Å². The standard InChI is InChI=1S/C57H101NO8/c1-3-5-7-9-11-13-15-17-19-21-23-25-27-28-30-32-34-36-38-40-42-44-46-51(60)50(49-65-57-56(64)55(63)54(62)52(48-59)66-57)58-53(61)47-45-43-41-39-37-35-33-31-29-26-24-22-20-18-16-14-12-10-8-6-4-2/h6,8,12,14,18,20,24,26,36,38,44,46,50-52,54-57,59-60,62-64H,3-5,7,9-11,13,15-17,19,21-23,25,27-35,37,39-43,45,47-49H2,1-2H3,(H,58,61)/b8-6-,14-12-,20-18-,26-24-,38-36+,46-44+. The van der Waals surface area contributed by atoms with E-state index in [1.165, 1.54) is 128 Å². The second-order valence-electron chi connectivity index (χ2n) is 18.6. The van der Waals surface area contributed by atoms with Gasteiger partial charge in [-0.2, -0.15) is 0 Å². The molecule has 7 atom stereocenters. The van der Waals surface area contributed by atoms with Gasteiger partial charge in [0.1, 0.15) is 24.4 Å². The molecule has 1 amide bonds. The molecule has 0 bridgehead atoms. The van der Waals surface area contributed by atoms with Gasteiger partial charge in [-0.1, -0.05) is 222 Å². The first-order valence-corrected chi connectivity index (χ1v) is 27.2. The van der Waals surface area contributed by atoms with Gasteiger partial charge >= 0.3 is 0 Å². The van der Waals surface area contributed by atoms with E-state index in [-0.39, 0.29) is 12.5 Å². The van der Waals surface area contributed by atoms with E-state index in [1.54, 1.807) is 6.08 Å². The predicted octanol–water partition coefficient (Wildman–Crippen LogP) is 12.9. The summed E-state index contributed by atoms with van der Waals surface area (Å²) in [6.07, 6.45) is 56.7. The molecule has 66 heavy (non-hydrogen) atoms. The van der Waals surface area contributed by atoms with Gasteiger partial charge in [0.05, 0.1) is 25.4 Å². The molecule has 6 N–H and O–H groups in total. The molecule has 0 aromatic heterocycles. The number of aliphatic hydroxyl groups is 5. The number of ether oxygens (including phenoxy) is 2. The van der Waals surface area contributed by atoms with Crippen LogP contribution < -0.4 is 5.32 Å². The Balaban J connectivity index is 2.30. The number of aliphatic hydroxyl groups excluding tert-OH is 5. The van der Waals surface area contributed by atoms with Gasteiger partial charge in [0, 0.05) is 6.42 Å². The summed E-state index contributed by atoms with van der Waals surface area (Å²) < 4.78 is 11.2. The normalized spacial score (nSPS) is 20.4. The number of carbonyl (C=O) groups excluding carboxylic acids is 1. The molecule has 0 radical (unpaired) electrons. The van der Waals surface area contributed by atoms with E-state index in [9.17, 15) is 30.3 Å². The number of carbonyl (C=O) groups is 1. The van der Waals surface area contributed by atoms with Crippen molar-refractivity contribution in [2.45, 2.75) is 269 Å². The highest BCUT2D eigenvalue weighted by Crippen LogP contribution is 2.23. The number of rotatable bonds is 45. The first kappa shape index (κ1) is 61.6. The summed E-state index contributed by atoms with van der Waals surface area (Å²) in [7, 11) is 0. The SMILES string of the molecule is CC/C=C\C/C=C\C/C=C\C/C=C\CCCCCCCCCCC(=O)NC(COC1OC(CO)C(O)C(O)C1O)C(O)/C=C/CC/C=C/CCCCCCCCCCCCCCCCCC. The monoisotopic (exact) mass is 928 g/mol. The minimum absolute atomic E-state index is 0.197. The van der Waals surface area contributed by atoms with Crippen LogP contribution in [0.3, 0.4) is 0 Å². The zero-order chi connectivity index (χ0) is 48.0. The number of amides is 1. The van der Waals surface area contributed by atoms with Crippen LogP contribution >= 0.6 is 0 Å². The summed E-state index contributed by atoms with van der Waals surface area (Å²) in [6.45, 7) is 3.65. The number of unbranched alkanes of at least 4 members (excludes halogenated alkanes) is 25. The molecule has 1 aliphatic heterocycles. The highest BCUT2D eigenvalue weighted by molar-refractivity contribution is 5.76. The molecule has 1 aliphatic rings. The Labute approximate surface area is 404 Å². The molecule has 7 unspecified atom stereocenters. The third-order valence-electron chi connectivity index (χ3n) is 12.5. The van der Waals surface area contributed by atoms with Crippen molar-refractivity contribution in [3.8, 4) is 0 Å². The molecule has 1 fully saturated rings. The molecule has 1 saturated heterocycles. The van der Waals surface area contributed by atoms with Crippen molar-refractivity contribution in [1.82, 2.24) is 5.32 Å². The molecule has 0 aromatic rings. The third-order valence-corrected chi connectivity index (χ3v) is 12.5. The summed E-state index contributed by atoms with van der Waals surface area (Å²) in [6, 6.07) is -0.830. The zero-order valence-corrected chi connectivity index (χ0v) is 42.2. The van der Waals surface area contributed by atoms with Crippen molar-refractivity contribution in [3.63, 3.8) is 0 Å². The predicted molar refractivity (Wildman–Crippen MR) is 276 cm³/mol. The highest BCUT2D eigenvalue weighted by atomic mass is 16.7. The van der Waals surface area contributed by atoms with Gasteiger partial charge in [-0.25, -0.2) is 0 Å². The van der Waals surface area contributed by atoms with Crippen LogP contribution in [0.1, 0.15) is 226 Å². The first-order valence-electron chi connectivity index (χ1n) is 27.2. The molecule has 9 heteroatoms. The van der Waals surface area contributed by atoms with E-state index in [2.05, 4.69) is 79.9 Å². The van der Waals surface area contributed by atoms with E-state index in [0.29, 0.717) is 6.42 Å². The molecule has 0 aliphatic carbocycles. The summed E-state index contributed by atoms with van der Waals surface area (Å²) in [4.78, 5) is 13.0. The molecule has 1 heterocycles. The van der Waals surface area contributed by atoms with Gasteiger partial charge in [-0.05, 0) is 70.6 Å². The topological polar surface area (TPSA) is 149 Å². The second-order valence-corrected chi connectivity index (χ2v) is 18.6. The smallest absolute Gasteiger partial charge is 0.220 e. The van der Waals surface area contributed by atoms with E-state index in [0.717, 1.165) is 77.0 Å². The maximum Gasteiger partial charge on any atom is 0.220 e. The van der Waals surface area contributed by atoms with Gasteiger partial charge in [0.25, 0.3) is 0 Å².